The van der Waals surface area contributed by atoms with E-state index in [0.717, 1.165) is 70.6 Å². The van der Waals surface area contributed by atoms with Crippen molar-refractivity contribution >= 4 is 17.9 Å². The third-order valence-electron chi connectivity index (χ3n) is 8.79. The van der Waals surface area contributed by atoms with Crippen LogP contribution in [-0.2, 0) is 28.6 Å². The number of hydrogen-bond donors (Lipinski definition) is 0. The number of esters is 2. The first-order valence-corrected chi connectivity index (χ1v) is 20.0. The number of carbonyl (C=O) groups is 3. The number of aliphatic carboxylic acids is 1. The molecule has 0 amide bonds. The molecule has 0 aromatic rings. The average Bonchev–Trinajstić information content (AvgIpc) is 3.06. The lowest BCUT2D eigenvalue weighted by atomic mass is 10.1. The lowest BCUT2D eigenvalue weighted by Crippen LogP contribution is -2.55. The molecule has 8 heteroatoms. The summed E-state index contributed by atoms with van der Waals surface area (Å²) in [6.45, 7) is 4.51. The molecule has 0 aromatic carbocycles. The van der Waals surface area contributed by atoms with Gasteiger partial charge in [0.15, 0.2) is 6.10 Å². The first-order chi connectivity index (χ1) is 24.1. The summed E-state index contributed by atoms with van der Waals surface area (Å²) < 4.78 is 17.1. The third kappa shape index (κ3) is 31.5. The molecule has 50 heavy (non-hydrogen) atoms. The number of allylic oxidation sites excluding steroid dienone is 6. The van der Waals surface area contributed by atoms with Crippen molar-refractivity contribution in [3.63, 3.8) is 0 Å². The van der Waals surface area contributed by atoms with E-state index >= 15 is 0 Å². The highest BCUT2D eigenvalue weighted by Crippen LogP contribution is 2.14. The first kappa shape index (κ1) is 47.5. The normalized spacial score (nSPS) is 13.4. The van der Waals surface area contributed by atoms with Crippen molar-refractivity contribution in [1.82, 2.24) is 0 Å². The zero-order valence-electron chi connectivity index (χ0n) is 32.8. The van der Waals surface area contributed by atoms with Crippen molar-refractivity contribution in [2.24, 2.45) is 0 Å². The van der Waals surface area contributed by atoms with Crippen molar-refractivity contribution in [3.05, 3.63) is 36.5 Å². The van der Waals surface area contributed by atoms with E-state index in [2.05, 4.69) is 50.3 Å². The Morgan fingerprint density at radius 1 is 0.620 bits per heavy atom. The summed E-state index contributed by atoms with van der Waals surface area (Å²) in [5.74, 6) is -1.75. The van der Waals surface area contributed by atoms with Gasteiger partial charge in [0.05, 0.1) is 40.3 Å². The Morgan fingerprint density at radius 2 is 1.12 bits per heavy atom. The molecule has 0 aliphatic rings. The fourth-order valence-corrected chi connectivity index (χ4v) is 5.67. The number of nitrogens with zero attached hydrogens (tertiary/aromatic N) is 1. The zero-order chi connectivity index (χ0) is 37.1. The molecular weight excluding hydrogens is 630 g/mol. The maximum Gasteiger partial charge on any atom is 0.306 e. The van der Waals surface area contributed by atoms with Gasteiger partial charge in [-0.25, -0.2) is 0 Å². The molecule has 0 fully saturated rings. The first-order valence-electron chi connectivity index (χ1n) is 20.0. The summed E-state index contributed by atoms with van der Waals surface area (Å²) in [5, 5.41) is 11.6. The number of rotatable bonds is 35. The molecule has 290 valence electrons. The summed E-state index contributed by atoms with van der Waals surface area (Å²) >= 11 is 0. The molecule has 0 spiro atoms. The van der Waals surface area contributed by atoms with E-state index in [0.29, 0.717) is 12.8 Å². The minimum absolute atomic E-state index is 0.0382. The van der Waals surface area contributed by atoms with Crippen molar-refractivity contribution in [1.29, 1.82) is 0 Å². The SMILES string of the molecule is CC/C=C/C/C=C/C/C=C/CCCCCCCCC(=O)OCC(COCCC(C(=O)[O-])[N+](C)(C)C)OC(=O)CCCCCCCCCCCC. The quantitative estimate of drug-likeness (QED) is 0.0281. The monoisotopic (exact) mass is 706 g/mol. The predicted octanol–water partition coefficient (Wildman–Crippen LogP) is 8.96. The van der Waals surface area contributed by atoms with Crippen LogP contribution in [0.2, 0.25) is 0 Å². The van der Waals surface area contributed by atoms with Crippen molar-refractivity contribution in [2.75, 3.05) is 41.0 Å². The molecular formula is C42H75NO7. The second kappa shape index (κ2) is 33.7. The molecule has 0 heterocycles. The van der Waals surface area contributed by atoms with Gasteiger partial charge < -0.3 is 28.6 Å². The number of quaternary nitrogens is 1. The van der Waals surface area contributed by atoms with Crippen LogP contribution >= 0.6 is 0 Å². The number of carbonyl (C=O) groups excluding carboxylic acids is 3. The van der Waals surface area contributed by atoms with Gasteiger partial charge in [0, 0.05) is 19.3 Å². The van der Waals surface area contributed by atoms with Crippen LogP contribution in [0.15, 0.2) is 36.5 Å². The second-order valence-corrected chi connectivity index (χ2v) is 14.5. The summed E-state index contributed by atoms with van der Waals surface area (Å²) in [4.78, 5) is 36.7. The van der Waals surface area contributed by atoms with Gasteiger partial charge in [-0.1, -0.05) is 134 Å². The van der Waals surface area contributed by atoms with E-state index in [1.807, 2.05) is 0 Å². The van der Waals surface area contributed by atoms with E-state index in [4.69, 9.17) is 14.2 Å². The maximum atomic E-state index is 12.6. The molecule has 8 nitrogen and oxygen atoms in total. The predicted molar refractivity (Wildman–Crippen MR) is 203 cm³/mol. The molecule has 0 saturated carbocycles. The fraction of sp³-hybridized carbons (Fsp3) is 0.786. The number of unbranched alkanes of at least 4 members (excludes halogenated alkanes) is 15. The molecule has 0 bridgehead atoms. The maximum absolute atomic E-state index is 12.6. The van der Waals surface area contributed by atoms with Crippen molar-refractivity contribution in [2.45, 2.75) is 174 Å². The van der Waals surface area contributed by atoms with Crippen LogP contribution in [0.1, 0.15) is 162 Å². The number of carboxylic acid groups (broad SMARTS) is 1. The standard InChI is InChI=1S/C42H75NO7/c1-6-8-10-12-14-16-18-19-20-21-22-23-25-26-28-30-32-40(44)49-37-38(36-48-35-34-39(42(46)47)43(3,4)5)50-41(45)33-31-29-27-24-17-15-13-11-9-7-2/h8,10,14,16,19-20,38-39H,6-7,9,11-13,15,17-18,21-37H2,1-5H3/b10-8+,16-14+,20-19+. The van der Waals surface area contributed by atoms with Crippen LogP contribution in [0.4, 0.5) is 0 Å². The third-order valence-corrected chi connectivity index (χ3v) is 8.79. The topological polar surface area (TPSA) is 102 Å². The lowest BCUT2D eigenvalue weighted by molar-refractivity contribution is -0.889. The minimum atomic E-state index is -1.13. The van der Waals surface area contributed by atoms with E-state index in [1.54, 1.807) is 21.1 Å². The van der Waals surface area contributed by atoms with Crippen LogP contribution in [0.3, 0.4) is 0 Å². The van der Waals surface area contributed by atoms with Gasteiger partial charge in [0.1, 0.15) is 12.6 Å². The molecule has 0 rings (SSSR count). The van der Waals surface area contributed by atoms with Crippen molar-refractivity contribution in [3.8, 4) is 0 Å². The van der Waals surface area contributed by atoms with Gasteiger partial charge in [0.25, 0.3) is 0 Å². The number of hydrogen-bond acceptors (Lipinski definition) is 7. The molecule has 0 aliphatic heterocycles. The fourth-order valence-electron chi connectivity index (χ4n) is 5.67. The van der Waals surface area contributed by atoms with Crippen LogP contribution in [0.5, 0.6) is 0 Å². The highest BCUT2D eigenvalue weighted by Gasteiger charge is 2.25. The Hall–Kier alpha value is -2.45. The molecule has 0 saturated heterocycles. The van der Waals surface area contributed by atoms with Gasteiger partial charge in [-0.15, -0.1) is 0 Å². The highest BCUT2D eigenvalue weighted by atomic mass is 16.6. The van der Waals surface area contributed by atoms with Gasteiger partial charge in [-0.2, -0.15) is 0 Å². The second-order valence-electron chi connectivity index (χ2n) is 14.5. The minimum Gasteiger partial charge on any atom is -0.544 e. The van der Waals surface area contributed by atoms with Crippen LogP contribution in [-0.4, -0.2) is 75.5 Å². The Labute approximate surface area is 306 Å². The van der Waals surface area contributed by atoms with Gasteiger partial charge >= 0.3 is 11.9 Å². The molecule has 0 aliphatic carbocycles. The molecule has 0 aromatic heterocycles. The average molecular weight is 706 g/mol. The molecule has 0 radical (unpaired) electrons. The summed E-state index contributed by atoms with van der Waals surface area (Å²) in [6, 6.07) is -0.724. The molecule has 2 atom stereocenters. The highest BCUT2D eigenvalue weighted by molar-refractivity contribution is 5.70. The van der Waals surface area contributed by atoms with E-state index < -0.39 is 18.1 Å². The summed E-state index contributed by atoms with van der Waals surface area (Å²) in [5.41, 5.74) is 0. The molecule has 2 unspecified atom stereocenters. The van der Waals surface area contributed by atoms with E-state index in [9.17, 15) is 19.5 Å². The summed E-state index contributed by atoms with van der Waals surface area (Å²) in [7, 11) is 5.39. The van der Waals surface area contributed by atoms with Gasteiger partial charge in [0.2, 0.25) is 0 Å². The van der Waals surface area contributed by atoms with Crippen LogP contribution in [0.25, 0.3) is 0 Å². The van der Waals surface area contributed by atoms with Crippen LogP contribution < -0.4 is 5.11 Å². The largest absolute Gasteiger partial charge is 0.544 e. The van der Waals surface area contributed by atoms with Crippen molar-refractivity contribution < 1.29 is 38.2 Å². The molecule has 0 N–H and O–H groups in total. The Morgan fingerprint density at radius 3 is 1.66 bits per heavy atom. The number of ether oxygens (including phenoxy) is 3. The van der Waals surface area contributed by atoms with E-state index in [1.165, 1.54) is 57.8 Å². The zero-order valence-corrected chi connectivity index (χ0v) is 32.8. The smallest absolute Gasteiger partial charge is 0.306 e. The number of carboxylic acids is 1. The lowest BCUT2D eigenvalue weighted by Gasteiger charge is -2.34. The Balaban J connectivity index is 4.38. The van der Waals surface area contributed by atoms with Gasteiger partial charge in [-0.3, -0.25) is 9.59 Å². The van der Waals surface area contributed by atoms with Crippen LogP contribution in [0, 0.1) is 0 Å². The summed E-state index contributed by atoms with van der Waals surface area (Å²) in [6.07, 6.45) is 35.9. The number of likely N-dealkylation sites (N-methyl/N-ethyl adjacent to an activating group) is 1. The Bertz CT molecular complexity index is 922. The van der Waals surface area contributed by atoms with Gasteiger partial charge in [-0.05, 0) is 44.9 Å². The Kier molecular flexibility index (Phi) is 32.0. The van der Waals surface area contributed by atoms with E-state index in [-0.39, 0.29) is 42.7 Å².